The first-order chi connectivity index (χ1) is 9.19. The van der Waals surface area contributed by atoms with Gasteiger partial charge in [-0.2, -0.15) is 0 Å². The minimum absolute atomic E-state index is 0.0258. The second-order valence-electron chi connectivity index (χ2n) is 4.40. The lowest BCUT2D eigenvalue weighted by Crippen LogP contribution is -2.51. The number of amides is 1. The SMILES string of the molecule is CCC(C)(NC(=O)c1cc(Cl)cc([N+](=O)[O-])c1)C(=O)O. The third-order valence-corrected chi connectivity index (χ3v) is 3.14. The minimum atomic E-state index is -1.45. The van der Waals surface area contributed by atoms with Crippen LogP contribution in [-0.2, 0) is 4.79 Å². The average Bonchev–Trinajstić information content (AvgIpc) is 2.37. The Labute approximate surface area is 119 Å². The van der Waals surface area contributed by atoms with Crippen LogP contribution in [0.4, 0.5) is 5.69 Å². The van der Waals surface area contributed by atoms with Gasteiger partial charge in [-0.25, -0.2) is 4.79 Å². The Morgan fingerprint density at radius 1 is 1.45 bits per heavy atom. The smallest absolute Gasteiger partial charge is 0.329 e. The molecule has 0 aromatic heterocycles. The molecule has 0 bridgehead atoms. The van der Waals surface area contributed by atoms with Crippen molar-refractivity contribution in [2.75, 3.05) is 0 Å². The third kappa shape index (κ3) is 3.45. The highest BCUT2D eigenvalue weighted by Gasteiger charge is 2.33. The van der Waals surface area contributed by atoms with E-state index in [4.69, 9.17) is 16.7 Å². The molecule has 0 spiro atoms. The van der Waals surface area contributed by atoms with Crippen molar-refractivity contribution >= 4 is 29.2 Å². The maximum atomic E-state index is 12.0. The number of carbonyl (C=O) groups excluding carboxylic acids is 1. The summed E-state index contributed by atoms with van der Waals surface area (Å²) in [7, 11) is 0. The maximum absolute atomic E-state index is 12.0. The quantitative estimate of drug-likeness (QED) is 0.640. The highest BCUT2D eigenvalue weighted by molar-refractivity contribution is 6.31. The molecule has 2 N–H and O–H groups in total. The van der Waals surface area contributed by atoms with Crippen molar-refractivity contribution in [3.05, 3.63) is 38.9 Å². The molecular weight excluding hydrogens is 288 g/mol. The molecule has 0 aliphatic heterocycles. The first kappa shape index (κ1) is 15.9. The zero-order chi connectivity index (χ0) is 15.5. The molecule has 1 aromatic carbocycles. The van der Waals surface area contributed by atoms with Crippen LogP contribution < -0.4 is 5.32 Å². The third-order valence-electron chi connectivity index (χ3n) is 2.92. The normalized spacial score (nSPS) is 13.3. The topological polar surface area (TPSA) is 110 Å². The van der Waals surface area contributed by atoms with Gasteiger partial charge in [0, 0.05) is 22.7 Å². The summed E-state index contributed by atoms with van der Waals surface area (Å²) in [5.41, 5.74) is -1.85. The second kappa shape index (κ2) is 5.87. The van der Waals surface area contributed by atoms with E-state index in [2.05, 4.69) is 5.32 Å². The highest BCUT2D eigenvalue weighted by atomic mass is 35.5. The van der Waals surface area contributed by atoms with Gasteiger partial charge < -0.3 is 10.4 Å². The van der Waals surface area contributed by atoms with Crippen molar-refractivity contribution in [2.24, 2.45) is 0 Å². The van der Waals surface area contributed by atoms with E-state index in [1.54, 1.807) is 6.92 Å². The number of aliphatic carboxylic acids is 1. The van der Waals surface area contributed by atoms with Gasteiger partial charge >= 0.3 is 5.97 Å². The molecule has 1 amide bonds. The Kier molecular flexibility index (Phi) is 4.67. The monoisotopic (exact) mass is 300 g/mol. The van der Waals surface area contributed by atoms with Crippen LogP contribution in [0.3, 0.4) is 0 Å². The van der Waals surface area contributed by atoms with E-state index in [0.29, 0.717) is 0 Å². The van der Waals surface area contributed by atoms with E-state index in [1.807, 2.05) is 0 Å². The molecule has 1 unspecified atom stereocenters. The van der Waals surface area contributed by atoms with Crippen molar-refractivity contribution in [1.29, 1.82) is 0 Å². The number of nitrogens with zero attached hydrogens (tertiary/aromatic N) is 1. The Morgan fingerprint density at radius 3 is 2.50 bits per heavy atom. The fourth-order valence-electron chi connectivity index (χ4n) is 1.43. The lowest BCUT2D eigenvalue weighted by Gasteiger charge is -2.24. The standard InChI is InChI=1S/C12H13ClN2O5/c1-3-12(2,11(17)18)14-10(16)7-4-8(13)6-9(5-7)15(19)20/h4-6H,3H2,1-2H3,(H,14,16)(H,17,18). The number of rotatable bonds is 5. The number of carboxylic acids is 1. The minimum Gasteiger partial charge on any atom is -0.480 e. The number of halogens is 1. The zero-order valence-corrected chi connectivity index (χ0v) is 11.6. The van der Waals surface area contributed by atoms with Gasteiger partial charge in [0.25, 0.3) is 11.6 Å². The van der Waals surface area contributed by atoms with Crippen LogP contribution in [0.5, 0.6) is 0 Å². The summed E-state index contributed by atoms with van der Waals surface area (Å²) in [4.78, 5) is 33.1. The number of nitrogens with one attached hydrogen (secondary N) is 1. The van der Waals surface area contributed by atoms with E-state index in [9.17, 15) is 19.7 Å². The Morgan fingerprint density at radius 2 is 2.05 bits per heavy atom. The number of carbonyl (C=O) groups is 2. The fourth-order valence-corrected chi connectivity index (χ4v) is 1.66. The molecule has 0 saturated carbocycles. The van der Waals surface area contributed by atoms with E-state index in [1.165, 1.54) is 13.0 Å². The fraction of sp³-hybridized carbons (Fsp3) is 0.333. The van der Waals surface area contributed by atoms with Crippen molar-refractivity contribution in [3.63, 3.8) is 0 Å². The molecule has 0 heterocycles. The number of hydrogen-bond donors (Lipinski definition) is 2. The van der Waals surface area contributed by atoms with Crippen molar-refractivity contribution < 1.29 is 19.6 Å². The van der Waals surface area contributed by atoms with Crippen molar-refractivity contribution in [3.8, 4) is 0 Å². The van der Waals surface area contributed by atoms with E-state index < -0.39 is 22.3 Å². The molecule has 0 radical (unpaired) electrons. The van der Waals surface area contributed by atoms with Gasteiger partial charge in [0.1, 0.15) is 5.54 Å². The summed E-state index contributed by atoms with van der Waals surface area (Å²) in [6.07, 6.45) is 0.163. The van der Waals surface area contributed by atoms with Crippen LogP contribution in [0.2, 0.25) is 5.02 Å². The first-order valence-electron chi connectivity index (χ1n) is 5.70. The van der Waals surface area contributed by atoms with Gasteiger partial charge in [-0.05, 0) is 19.4 Å². The molecule has 7 nitrogen and oxygen atoms in total. The number of nitro benzene ring substituents is 1. The number of non-ortho nitro benzene ring substituents is 1. The van der Waals surface area contributed by atoms with Crippen LogP contribution in [0, 0.1) is 10.1 Å². The number of hydrogen-bond acceptors (Lipinski definition) is 4. The van der Waals surface area contributed by atoms with Crippen LogP contribution in [0.1, 0.15) is 30.6 Å². The van der Waals surface area contributed by atoms with Gasteiger partial charge in [0.15, 0.2) is 0 Å². The second-order valence-corrected chi connectivity index (χ2v) is 4.84. The largest absolute Gasteiger partial charge is 0.480 e. The average molecular weight is 301 g/mol. The Hall–Kier alpha value is -2.15. The molecule has 0 saturated heterocycles. The number of carboxylic acid groups (broad SMARTS) is 1. The Bertz CT molecular complexity index is 575. The molecule has 1 aromatic rings. The molecular formula is C12H13ClN2O5. The van der Waals surface area contributed by atoms with Crippen molar-refractivity contribution in [2.45, 2.75) is 25.8 Å². The molecule has 1 atom stereocenters. The van der Waals surface area contributed by atoms with Gasteiger partial charge in [-0.15, -0.1) is 0 Å². The van der Waals surface area contributed by atoms with Crippen LogP contribution >= 0.6 is 11.6 Å². The predicted molar refractivity (Wildman–Crippen MR) is 71.9 cm³/mol. The van der Waals surface area contributed by atoms with Crippen LogP contribution in [0.25, 0.3) is 0 Å². The maximum Gasteiger partial charge on any atom is 0.329 e. The van der Waals surface area contributed by atoms with Crippen LogP contribution in [0.15, 0.2) is 18.2 Å². The first-order valence-corrected chi connectivity index (χ1v) is 6.08. The summed E-state index contributed by atoms with van der Waals surface area (Å²) >= 11 is 5.71. The van der Waals surface area contributed by atoms with Crippen molar-refractivity contribution in [1.82, 2.24) is 5.32 Å². The summed E-state index contributed by atoms with van der Waals surface area (Å²) in [5.74, 6) is -1.92. The molecule has 8 heteroatoms. The van der Waals surface area contributed by atoms with Gasteiger partial charge in [0.2, 0.25) is 0 Å². The van der Waals surface area contributed by atoms with Crippen LogP contribution in [-0.4, -0.2) is 27.4 Å². The Balaban J connectivity index is 3.10. The lowest BCUT2D eigenvalue weighted by molar-refractivity contribution is -0.384. The summed E-state index contributed by atoms with van der Waals surface area (Å²) < 4.78 is 0. The molecule has 0 aliphatic rings. The summed E-state index contributed by atoms with van der Waals surface area (Å²) in [6.45, 7) is 2.96. The highest BCUT2D eigenvalue weighted by Crippen LogP contribution is 2.21. The lowest BCUT2D eigenvalue weighted by atomic mass is 9.98. The molecule has 0 aliphatic carbocycles. The molecule has 1 rings (SSSR count). The van der Waals surface area contributed by atoms with E-state index >= 15 is 0 Å². The number of nitro groups is 1. The number of benzene rings is 1. The van der Waals surface area contributed by atoms with Gasteiger partial charge in [0.05, 0.1) is 4.92 Å². The zero-order valence-electron chi connectivity index (χ0n) is 10.8. The van der Waals surface area contributed by atoms with E-state index in [0.717, 1.165) is 12.1 Å². The van der Waals surface area contributed by atoms with Gasteiger partial charge in [-0.3, -0.25) is 14.9 Å². The molecule has 0 fully saturated rings. The molecule has 108 valence electrons. The molecule has 20 heavy (non-hydrogen) atoms. The summed E-state index contributed by atoms with van der Waals surface area (Å²) in [5, 5.41) is 22.1. The van der Waals surface area contributed by atoms with E-state index in [-0.39, 0.29) is 22.7 Å². The predicted octanol–water partition coefficient (Wildman–Crippen LogP) is 2.23. The summed E-state index contributed by atoms with van der Waals surface area (Å²) in [6, 6.07) is 3.38. The van der Waals surface area contributed by atoms with Gasteiger partial charge in [-0.1, -0.05) is 18.5 Å².